The smallest absolute Gasteiger partial charge is 0.271 e. The molecule has 2 aromatic carbocycles. The molecule has 3 heterocycles. The average Bonchev–Trinajstić information content (AvgIpc) is 3.43. The van der Waals surface area contributed by atoms with E-state index in [1.165, 1.54) is 22.2 Å². The minimum absolute atomic E-state index is 0.120. The van der Waals surface area contributed by atoms with Crippen LogP contribution in [-0.2, 0) is 11.3 Å². The van der Waals surface area contributed by atoms with Crippen molar-refractivity contribution in [2.75, 3.05) is 6.79 Å². The average molecular weight is 468 g/mol. The number of thiophene rings is 1. The van der Waals surface area contributed by atoms with Crippen molar-refractivity contribution in [1.82, 2.24) is 14.9 Å². The van der Waals surface area contributed by atoms with Gasteiger partial charge in [-0.3, -0.25) is 14.2 Å². The first-order valence-corrected chi connectivity index (χ1v) is 11.1. The number of ether oxygens (including phenoxy) is 2. The van der Waals surface area contributed by atoms with Gasteiger partial charge in [-0.15, -0.1) is 11.3 Å². The summed E-state index contributed by atoms with van der Waals surface area (Å²) in [6.45, 7) is 1.95. The van der Waals surface area contributed by atoms with Gasteiger partial charge in [0.1, 0.15) is 11.2 Å². The summed E-state index contributed by atoms with van der Waals surface area (Å²) in [5.41, 5.74) is 2.20. The summed E-state index contributed by atoms with van der Waals surface area (Å²) in [7, 11) is 0. The van der Waals surface area contributed by atoms with Crippen LogP contribution in [0.5, 0.6) is 11.5 Å². The van der Waals surface area contributed by atoms with E-state index in [4.69, 9.17) is 21.1 Å². The maximum Gasteiger partial charge on any atom is 0.271 e. The lowest BCUT2D eigenvalue weighted by Gasteiger charge is -2.15. The van der Waals surface area contributed by atoms with Crippen LogP contribution in [0.2, 0.25) is 5.02 Å². The molecule has 162 valence electrons. The summed E-state index contributed by atoms with van der Waals surface area (Å²) in [4.78, 5) is 30.9. The Hall–Kier alpha value is -3.36. The third-order valence-electron chi connectivity index (χ3n) is 5.22. The van der Waals surface area contributed by atoms with Crippen LogP contribution in [0.3, 0.4) is 0 Å². The minimum atomic E-state index is -0.284. The first-order valence-electron chi connectivity index (χ1n) is 9.92. The van der Waals surface area contributed by atoms with Crippen molar-refractivity contribution < 1.29 is 14.3 Å². The van der Waals surface area contributed by atoms with Crippen molar-refractivity contribution >= 4 is 39.1 Å². The molecule has 0 spiro atoms. The molecule has 0 unspecified atom stereocenters. The van der Waals surface area contributed by atoms with E-state index in [0.717, 1.165) is 16.0 Å². The van der Waals surface area contributed by atoms with Gasteiger partial charge in [0, 0.05) is 9.90 Å². The highest BCUT2D eigenvalue weighted by atomic mass is 35.5. The molecule has 5 rings (SSSR count). The predicted molar refractivity (Wildman–Crippen MR) is 123 cm³/mol. The van der Waals surface area contributed by atoms with Gasteiger partial charge in [-0.05, 0) is 48.4 Å². The summed E-state index contributed by atoms with van der Waals surface area (Å²) in [5.74, 6) is 1.06. The lowest BCUT2D eigenvalue weighted by molar-refractivity contribution is -0.122. The van der Waals surface area contributed by atoms with Gasteiger partial charge in [-0.1, -0.05) is 29.8 Å². The zero-order valence-corrected chi connectivity index (χ0v) is 18.6. The molecule has 1 atom stereocenters. The molecule has 1 N–H and O–H groups in total. The predicted octanol–water partition coefficient (Wildman–Crippen LogP) is 4.38. The third kappa shape index (κ3) is 3.94. The molecule has 1 aliphatic rings. The lowest BCUT2D eigenvalue weighted by Crippen LogP contribution is -2.33. The Labute approximate surface area is 192 Å². The number of nitrogens with zero attached hydrogens (tertiary/aromatic N) is 2. The highest BCUT2D eigenvalue weighted by Gasteiger charge is 2.18. The van der Waals surface area contributed by atoms with Crippen molar-refractivity contribution in [1.29, 1.82) is 0 Å². The molecule has 1 aliphatic heterocycles. The number of benzene rings is 2. The molecule has 7 nitrogen and oxygen atoms in total. The molecule has 0 saturated carbocycles. The van der Waals surface area contributed by atoms with Gasteiger partial charge in [0.25, 0.3) is 5.56 Å². The van der Waals surface area contributed by atoms with Crippen molar-refractivity contribution in [3.63, 3.8) is 0 Å². The Bertz CT molecular complexity index is 1380. The standard InChI is InChI=1S/C23H18ClN3O4S/c1-13(15-4-7-18-19(8-15)31-12-30-18)26-21(28)10-27-11-25-17-9-20(32-22(17)23(27)29)14-2-5-16(24)6-3-14/h2-9,11,13H,10,12H2,1H3,(H,26,28)/t13-/m1/s1. The Kier molecular flexibility index (Phi) is 5.32. The van der Waals surface area contributed by atoms with Crippen LogP contribution in [0, 0.1) is 0 Å². The topological polar surface area (TPSA) is 82.5 Å². The Morgan fingerprint density at radius 3 is 2.78 bits per heavy atom. The van der Waals surface area contributed by atoms with Crippen molar-refractivity contribution in [2.24, 2.45) is 0 Å². The molecule has 4 aromatic rings. The fourth-order valence-corrected chi connectivity index (χ4v) is 4.71. The number of halogens is 1. The van der Waals surface area contributed by atoms with Crippen LogP contribution in [-0.4, -0.2) is 22.3 Å². The quantitative estimate of drug-likeness (QED) is 0.471. The van der Waals surface area contributed by atoms with Gasteiger partial charge < -0.3 is 14.8 Å². The van der Waals surface area contributed by atoms with Crippen LogP contribution in [0.1, 0.15) is 18.5 Å². The molecule has 9 heteroatoms. The second-order valence-electron chi connectivity index (χ2n) is 7.41. The van der Waals surface area contributed by atoms with Gasteiger partial charge in [-0.2, -0.15) is 0 Å². The lowest BCUT2D eigenvalue weighted by atomic mass is 10.1. The summed E-state index contributed by atoms with van der Waals surface area (Å²) < 4.78 is 12.5. The Balaban J connectivity index is 1.33. The van der Waals surface area contributed by atoms with Crippen LogP contribution < -0.4 is 20.3 Å². The van der Waals surface area contributed by atoms with Crippen LogP contribution in [0.4, 0.5) is 0 Å². The first-order chi connectivity index (χ1) is 15.5. The molecule has 32 heavy (non-hydrogen) atoms. The second kappa shape index (κ2) is 8.29. The van der Waals surface area contributed by atoms with Gasteiger partial charge in [-0.25, -0.2) is 4.98 Å². The van der Waals surface area contributed by atoms with Crippen LogP contribution in [0.15, 0.2) is 59.7 Å². The number of carbonyl (C=O) groups excluding carboxylic acids is 1. The van der Waals surface area contributed by atoms with E-state index < -0.39 is 0 Å². The first kappa shape index (κ1) is 20.5. The SMILES string of the molecule is C[C@@H](NC(=O)Cn1cnc2cc(-c3ccc(Cl)cc3)sc2c1=O)c1ccc2c(c1)OCO2. The van der Waals surface area contributed by atoms with E-state index >= 15 is 0 Å². The fourth-order valence-electron chi connectivity index (χ4n) is 3.52. The molecule has 0 radical (unpaired) electrons. The maximum absolute atomic E-state index is 12.9. The van der Waals surface area contributed by atoms with E-state index in [9.17, 15) is 9.59 Å². The highest BCUT2D eigenvalue weighted by Crippen LogP contribution is 2.34. The summed E-state index contributed by atoms with van der Waals surface area (Å²) in [6, 6.07) is 14.6. The fraction of sp³-hybridized carbons (Fsp3) is 0.174. The molecule has 0 saturated heterocycles. The Morgan fingerprint density at radius 1 is 1.19 bits per heavy atom. The number of nitrogens with one attached hydrogen (secondary N) is 1. The number of fused-ring (bicyclic) bond motifs is 2. The monoisotopic (exact) mass is 467 g/mol. The summed E-state index contributed by atoms with van der Waals surface area (Å²) in [6.07, 6.45) is 1.41. The molecule has 0 fully saturated rings. The Morgan fingerprint density at radius 2 is 1.97 bits per heavy atom. The number of hydrogen-bond donors (Lipinski definition) is 1. The normalized spacial score (nSPS) is 13.3. The largest absolute Gasteiger partial charge is 0.454 e. The van der Waals surface area contributed by atoms with E-state index in [1.807, 2.05) is 43.3 Å². The summed E-state index contributed by atoms with van der Waals surface area (Å²) >= 11 is 7.31. The van der Waals surface area contributed by atoms with E-state index in [1.54, 1.807) is 12.1 Å². The highest BCUT2D eigenvalue weighted by molar-refractivity contribution is 7.22. The van der Waals surface area contributed by atoms with Crippen LogP contribution in [0.25, 0.3) is 20.7 Å². The van der Waals surface area contributed by atoms with E-state index in [2.05, 4.69) is 10.3 Å². The summed E-state index contributed by atoms with van der Waals surface area (Å²) in [5, 5.41) is 3.56. The number of amides is 1. The number of carbonyl (C=O) groups is 1. The van der Waals surface area contributed by atoms with Crippen molar-refractivity contribution in [3.8, 4) is 21.9 Å². The van der Waals surface area contributed by atoms with Gasteiger partial charge in [0.05, 0.1) is 17.9 Å². The van der Waals surface area contributed by atoms with Crippen LogP contribution >= 0.6 is 22.9 Å². The molecule has 2 aromatic heterocycles. The second-order valence-corrected chi connectivity index (χ2v) is 8.90. The molecule has 0 aliphatic carbocycles. The van der Waals surface area contributed by atoms with Gasteiger partial charge in [0.15, 0.2) is 11.5 Å². The zero-order chi connectivity index (χ0) is 22.2. The number of aromatic nitrogens is 2. The number of hydrogen-bond acceptors (Lipinski definition) is 6. The minimum Gasteiger partial charge on any atom is -0.454 e. The number of rotatable bonds is 5. The molecular weight excluding hydrogens is 450 g/mol. The third-order valence-corrected chi connectivity index (χ3v) is 6.63. The maximum atomic E-state index is 12.9. The van der Waals surface area contributed by atoms with Crippen molar-refractivity contribution in [3.05, 3.63) is 75.8 Å². The molecule has 1 amide bonds. The van der Waals surface area contributed by atoms with Gasteiger partial charge >= 0.3 is 0 Å². The van der Waals surface area contributed by atoms with E-state index in [-0.39, 0.29) is 30.8 Å². The van der Waals surface area contributed by atoms with Gasteiger partial charge in [0.2, 0.25) is 12.7 Å². The molecular formula is C23H18ClN3O4S. The zero-order valence-electron chi connectivity index (χ0n) is 17.0. The van der Waals surface area contributed by atoms with Crippen molar-refractivity contribution in [2.45, 2.75) is 19.5 Å². The van der Waals surface area contributed by atoms with E-state index in [0.29, 0.717) is 26.7 Å². The molecule has 0 bridgehead atoms.